The van der Waals surface area contributed by atoms with Gasteiger partial charge in [0.2, 0.25) is 0 Å². The van der Waals surface area contributed by atoms with Crippen LogP contribution in [0.15, 0.2) is 24.3 Å². The number of nitrogens with one attached hydrogen (secondary N) is 1. The highest BCUT2D eigenvalue weighted by atomic mass is 19.4. The summed E-state index contributed by atoms with van der Waals surface area (Å²) in [5.41, 5.74) is 1.00. The Balaban J connectivity index is 2.38. The molecule has 1 N–H and O–H groups in total. The Hall–Kier alpha value is -1.23. The number of rotatable bonds is 6. The Labute approximate surface area is 105 Å². The van der Waals surface area contributed by atoms with Crippen molar-refractivity contribution in [1.29, 1.82) is 0 Å². The van der Waals surface area contributed by atoms with Gasteiger partial charge in [0.1, 0.15) is 5.75 Å². The Kier molecular flexibility index (Phi) is 5.47. The van der Waals surface area contributed by atoms with Crippen molar-refractivity contribution in [3.63, 3.8) is 0 Å². The number of alkyl halides is 3. The minimum atomic E-state index is -4.07. The van der Waals surface area contributed by atoms with Crippen LogP contribution in [-0.2, 0) is 0 Å². The molecule has 0 unspecified atom stereocenters. The predicted octanol–water partition coefficient (Wildman–Crippen LogP) is 3.69. The fourth-order valence-corrected chi connectivity index (χ4v) is 1.64. The van der Waals surface area contributed by atoms with Crippen LogP contribution in [0.5, 0.6) is 5.75 Å². The van der Waals surface area contributed by atoms with Gasteiger partial charge in [-0.1, -0.05) is 12.1 Å². The lowest BCUT2D eigenvalue weighted by molar-refractivity contribution is -0.135. The lowest BCUT2D eigenvalue weighted by Crippen LogP contribution is -2.21. The monoisotopic (exact) mass is 261 g/mol. The molecular formula is C13H18F3NO. The third-order valence-corrected chi connectivity index (χ3v) is 2.68. The summed E-state index contributed by atoms with van der Waals surface area (Å²) in [5.74, 6) is 0.747. The largest absolute Gasteiger partial charge is 0.497 e. The second-order valence-electron chi connectivity index (χ2n) is 4.17. The lowest BCUT2D eigenvalue weighted by atomic mass is 10.1. The van der Waals surface area contributed by atoms with E-state index in [-0.39, 0.29) is 12.5 Å². The molecule has 1 aromatic carbocycles. The van der Waals surface area contributed by atoms with Crippen molar-refractivity contribution >= 4 is 0 Å². The Bertz CT molecular complexity index is 365. The van der Waals surface area contributed by atoms with E-state index in [0.717, 1.165) is 11.3 Å². The summed E-state index contributed by atoms with van der Waals surface area (Å²) in [4.78, 5) is 0. The SMILES string of the molecule is COc1cccc([C@@H](C)NCCCC(F)(F)F)c1. The molecule has 0 fully saturated rings. The Morgan fingerprint density at radius 1 is 1.33 bits per heavy atom. The highest BCUT2D eigenvalue weighted by Gasteiger charge is 2.25. The maximum atomic E-state index is 12.0. The molecule has 0 amide bonds. The van der Waals surface area contributed by atoms with Gasteiger partial charge in [-0.2, -0.15) is 13.2 Å². The van der Waals surface area contributed by atoms with Crippen LogP contribution in [0.3, 0.4) is 0 Å². The molecule has 18 heavy (non-hydrogen) atoms. The van der Waals surface area contributed by atoms with E-state index >= 15 is 0 Å². The zero-order chi connectivity index (χ0) is 13.6. The van der Waals surface area contributed by atoms with Crippen LogP contribution in [0, 0.1) is 0 Å². The fraction of sp³-hybridized carbons (Fsp3) is 0.538. The van der Waals surface area contributed by atoms with Crippen molar-refractivity contribution in [3.05, 3.63) is 29.8 Å². The number of hydrogen-bond donors (Lipinski definition) is 1. The average molecular weight is 261 g/mol. The molecule has 102 valence electrons. The van der Waals surface area contributed by atoms with E-state index in [1.54, 1.807) is 7.11 Å². The number of hydrogen-bond acceptors (Lipinski definition) is 2. The molecule has 0 radical (unpaired) electrons. The smallest absolute Gasteiger partial charge is 0.389 e. The molecule has 0 bridgehead atoms. The van der Waals surface area contributed by atoms with Crippen molar-refractivity contribution in [3.8, 4) is 5.75 Å². The normalized spacial score (nSPS) is 13.4. The third kappa shape index (κ3) is 5.40. The first kappa shape index (κ1) is 14.8. The van der Waals surface area contributed by atoms with E-state index in [2.05, 4.69) is 5.32 Å². The number of ether oxygens (including phenoxy) is 1. The molecule has 0 spiro atoms. The van der Waals surface area contributed by atoms with E-state index in [1.165, 1.54) is 0 Å². The zero-order valence-corrected chi connectivity index (χ0v) is 10.6. The summed E-state index contributed by atoms with van der Waals surface area (Å²) in [5, 5.41) is 3.07. The molecular weight excluding hydrogens is 243 g/mol. The van der Waals surface area contributed by atoms with Gasteiger partial charge >= 0.3 is 6.18 Å². The van der Waals surface area contributed by atoms with Crippen LogP contribution in [-0.4, -0.2) is 19.8 Å². The minimum absolute atomic E-state index is 0.00772. The molecule has 0 aliphatic rings. The zero-order valence-electron chi connectivity index (χ0n) is 10.6. The van der Waals surface area contributed by atoms with Gasteiger partial charge in [0, 0.05) is 12.5 Å². The van der Waals surface area contributed by atoms with E-state index in [4.69, 9.17) is 4.74 Å². The van der Waals surface area contributed by atoms with Gasteiger partial charge in [-0.25, -0.2) is 0 Å². The molecule has 2 nitrogen and oxygen atoms in total. The van der Waals surface area contributed by atoms with Crippen molar-refractivity contribution in [1.82, 2.24) is 5.32 Å². The molecule has 5 heteroatoms. The van der Waals surface area contributed by atoms with Gasteiger partial charge in [0.15, 0.2) is 0 Å². The molecule has 0 saturated heterocycles. The fourth-order valence-electron chi connectivity index (χ4n) is 1.64. The first-order chi connectivity index (χ1) is 8.42. The lowest BCUT2D eigenvalue weighted by Gasteiger charge is -2.15. The van der Waals surface area contributed by atoms with E-state index in [0.29, 0.717) is 6.54 Å². The number of methoxy groups -OCH3 is 1. The predicted molar refractivity (Wildman–Crippen MR) is 64.7 cm³/mol. The van der Waals surface area contributed by atoms with Gasteiger partial charge in [-0.15, -0.1) is 0 Å². The summed E-state index contributed by atoms with van der Waals surface area (Å²) < 4.78 is 41.0. The number of benzene rings is 1. The molecule has 1 aromatic rings. The molecule has 1 rings (SSSR count). The maximum Gasteiger partial charge on any atom is 0.389 e. The van der Waals surface area contributed by atoms with E-state index < -0.39 is 12.6 Å². The third-order valence-electron chi connectivity index (χ3n) is 2.68. The van der Waals surface area contributed by atoms with Gasteiger partial charge in [-0.3, -0.25) is 0 Å². The summed E-state index contributed by atoms with van der Waals surface area (Å²) in [7, 11) is 1.58. The highest BCUT2D eigenvalue weighted by molar-refractivity contribution is 5.30. The second-order valence-corrected chi connectivity index (χ2v) is 4.17. The maximum absolute atomic E-state index is 12.0. The number of halogens is 3. The highest BCUT2D eigenvalue weighted by Crippen LogP contribution is 2.22. The van der Waals surface area contributed by atoms with Crippen molar-refractivity contribution in [2.45, 2.75) is 32.0 Å². The van der Waals surface area contributed by atoms with Crippen LogP contribution in [0.2, 0.25) is 0 Å². The van der Waals surface area contributed by atoms with Crippen LogP contribution in [0.4, 0.5) is 13.2 Å². The van der Waals surface area contributed by atoms with Crippen LogP contribution >= 0.6 is 0 Å². The Morgan fingerprint density at radius 3 is 2.67 bits per heavy atom. The van der Waals surface area contributed by atoms with Crippen LogP contribution in [0.1, 0.15) is 31.4 Å². The van der Waals surface area contributed by atoms with Crippen molar-refractivity contribution in [2.75, 3.05) is 13.7 Å². The molecule has 1 atom stereocenters. The average Bonchev–Trinajstić information content (AvgIpc) is 2.33. The summed E-state index contributed by atoms with van der Waals surface area (Å²) in [6, 6.07) is 7.50. The minimum Gasteiger partial charge on any atom is -0.497 e. The summed E-state index contributed by atoms with van der Waals surface area (Å²) in [6.07, 6.45) is -4.72. The van der Waals surface area contributed by atoms with E-state index in [9.17, 15) is 13.2 Å². The van der Waals surface area contributed by atoms with E-state index in [1.807, 2.05) is 31.2 Å². The molecule has 0 aliphatic carbocycles. The topological polar surface area (TPSA) is 21.3 Å². The second kappa shape index (κ2) is 6.64. The Morgan fingerprint density at radius 2 is 2.06 bits per heavy atom. The van der Waals surface area contributed by atoms with Gasteiger partial charge < -0.3 is 10.1 Å². The van der Waals surface area contributed by atoms with Crippen LogP contribution in [0.25, 0.3) is 0 Å². The quantitative estimate of drug-likeness (QED) is 0.788. The van der Waals surface area contributed by atoms with Gasteiger partial charge in [0.25, 0.3) is 0 Å². The van der Waals surface area contributed by atoms with Gasteiger partial charge in [0.05, 0.1) is 7.11 Å². The summed E-state index contributed by atoms with van der Waals surface area (Å²) in [6.45, 7) is 2.26. The van der Waals surface area contributed by atoms with Crippen LogP contribution < -0.4 is 10.1 Å². The van der Waals surface area contributed by atoms with Crippen molar-refractivity contribution in [2.24, 2.45) is 0 Å². The molecule has 0 saturated carbocycles. The first-order valence-corrected chi connectivity index (χ1v) is 5.86. The first-order valence-electron chi connectivity index (χ1n) is 5.86. The van der Waals surface area contributed by atoms with Gasteiger partial charge in [-0.05, 0) is 37.6 Å². The summed E-state index contributed by atoms with van der Waals surface area (Å²) >= 11 is 0. The molecule has 0 aliphatic heterocycles. The standard InChI is InChI=1S/C13H18F3NO/c1-10(17-8-4-7-13(14,15)16)11-5-3-6-12(9-11)18-2/h3,5-6,9-10,17H,4,7-8H2,1-2H3/t10-/m1/s1. The molecule has 0 heterocycles. The van der Waals surface area contributed by atoms with Crippen molar-refractivity contribution < 1.29 is 17.9 Å². The molecule has 0 aromatic heterocycles.